The number of hydrogen-bond acceptors (Lipinski definition) is 4. The Kier molecular flexibility index (Phi) is 3.67. The molecule has 3 aromatic heterocycles. The summed E-state index contributed by atoms with van der Waals surface area (Å²) in [5, 5.41) is 10.3. The average molecular weight is 416 g/mol. The van der Waals surface area contributed by atoms with Crippen molar-refractivity contribution in [1.29, 1.82) is 0 Å². The molecule has 6 rings (SSSR count). The fourth-order valence-electron chi connectivity index (χ4n) is 4.59. The molecule has 2 aromatic carbocycles. The predicted molar refractivity (Wildman–Crippen MR) is 121 cm³/mol. The van der Waals surface area contributed by atoms with E-state index in [-0.39, 0.29) is 11.2 Å². The molecule has 7 heteroatoms. The fraction of sp³-hybridized carbons (Fsp3) is 0.174. The fourth-order valence-corrected chi connectivity index (χ4v) is 4.80. The predicted octanol–water partition coefficient (Wildman–Crippen LogP) is 5.12. The van der Waals surface area contributed by atoms with Crippen molar-refractivity contribution in [3.05, 3.63) is 63.7 Å². The van der Waals surface area contributed by atoms with Crippen LogP contribution in [0.2, 0.25) is 5.02 Å². The first-order chi connectivity index (χ1) is 14.6. The highest BCUT2D eigenvalue weighted by atomic mass is 35.5. The number of nitrogen functional groups attached to an aromatic ring is 1. The molecule has 1 fully saturated rings. The number of anilines is 1. The lowest BCUT2D eigenvalue weighted by molar-refractivity contribution is 0.422. The number of aromatic amines is 2. The lowest BCUT2D eigenvalue weighted by Crippen LogP contribution is -2.15. The molecule has 0 spiro atoms. The van der Waals surface area contributed by atoms with Crippen LogP contribution in [0.15, 0.2) is 47.5 Å². The van der Waals surface area contributed by atoms with E-state index >= 15 is 0 Å². The van der Waals surface area contributed by atoms with E-state index in [1.165, 1.54) is 12.0 Å². The summed E-state index contributed by atoms with van der Waals surface area (Å²) in [5.74, 6) is 0.479. The van der Waals surface area contributed by atoms with Gasteiger partial charge in [-0.3, -0.25) is 14.9 Å². The molecule has 1 saturated carbocycles. The Morgan fingerprint density at radius 2 is 1.97 bits per heavy atom. The van der Waals surface area contributed by atoms with Gasteiger partial charge in [-0.15, -0.1) is 0 Å². The van der Waals surface area contributed by atoms with Crippen molar-refractivity contribution in [3.8, 4) is 11.1 Å². The molecule has 3 heterocycles. The molecule has 148 valence electrons. The number of H-pyrrole nitrogens is 2. The van der Waals surface area contributed by atoms with Crippen molar-refractivity contribution < 1.29 is 0 Å². The largest absolute Gasteiger partial charge is 0.394 e. The molecule has 0 bridgehead atoms. The SMILES string of the molecule is Nc1c(-c2ccc(Cl)c3[nH]ncc23)c2cc(C3CCC3)c3ncccc3c2[nH]c1=O. The summed E-state index contributed by atoms with van der Waals surface area (Å²) < 4.78 is 0. The Morgan fingerprint density at radius 3 is 2.77 bits per heavy atom. The standard InChI is InChI=1S/C23H18ClN5O/c24-17-7-6-12(16-10-27-29-22(16)17)18-15-9-14(11-3-1-4-11)20-13(5-2-8-26-20)21(15)28-23(30)19(18)25/h2,5-11H,1,3-4,25H2,(H,27,29)(H,28,30). The van der Waals surface area contributed by atoms with Crippen molar-refractivity contribution in [2.75, 3.05) is 5.73 Å². The second-order valence-corrected chi connectivity index (χ2v) is 8.32. The maximum absolute atomic E-state index is 12.8. The van der Waals surface area contributed by atoms with Crippen LogP contribution in [0.1, 0.15) is 30.7 Å². The van der Waals surface area contributed by atoms with Gasteiger partial charge in [-0.25, -0.2) is 0 Å². The molecule has 4 N–H and O–H groups in total. The molecule has 0 aliphatic heterocycles. The second kappa shape index (κ2) is 6.31. The van der Waals surface area contributed by atoms with Crippen LogP contribution < -0.4 is 11.3 Å². The van der Waals surface area contributed by atoms with E-state index in [1.807, 2.05) is 18.2 Å². The molecule has 6 nitrogen and oxygen atoms in total. The van der Waals surface area contributed by atoms with E-state index in [9.17, 15) is 4.79 Å². The van der Waals surface area contributed by atoms with Crippen LogP contribution in [0.3, 0.4) is 0 Å². The van der Waals surface area contributed by atoms with Crippen molar-refractivity contribution in [1.82, 2.24) is 20.2 Å². The first-order valence-corrected chi connectivity index (χ1v) is 10.4. The molecule has 0 saturated heterocycles. The highest BCUT2D eigenvalue weighted by molar-refractivity contribution is 6.35. The van der Waals surface area contributed by atoms with E-state index in [4.69, 9.17) is 17.3 Å². The molecule has 1 aliphatic rings. The van der Waals surface area contributed by atoms with Gasteiger partial charge in [0.05, 0.1) is 27.8 Å². The minimum atomic E-state index is -0.314. The minimum absolute atomic E-state index is 0.190. The van der Waals surface area contributed by atoms with Crippen molar-refractivity contribution in [3.63, 3.8) is 0 Å². The molecular formula is C23H18ClN5O. The van der Waals surface area contributed by atoms with E-state index in [0.29, 0.717) is 16.5 Å². The maximum atomic E-state index is 12.8. The number of nitrogens with one attached hydrogen (secondary N) is 2. The Hall–Kier alpha value is -3.38. The number of nitrogens with two attached hydrogens (primary N) is 1. The number of benzene rings is 2. The number of hydrogen-bond donors (Lipinski definition) is 3. The zero-order valence-electron chi connectivity index (χ0n) is 16.0. The number of aromatic nitrogens is 4. The Labute approximate surface area is 176 Å². The Bertz CT molecular complexity index is 1530. The van der Waals surface area contributed by atoms with Crippen molar-refractivity contribution in [2.24, 2.45) is 0 Å². The van der Waals surface area contributed by atoms with Gasteiger partial charge in [0.25, 0.3) is 5.56 Å². The molecule has 0 atom stereocenters. The van der Waals surface area contributed by atoms with Gasteiger partial charge in [0.1, 0.15) is 5.69 Å². The van der Waals surface area contributed by atoms with Gasteiger partial charge < -0.3 is 10.7 Å². The zero-order chi connectivity index (χ0) is 20.4. The van der Waals surface area contributed by atoms with Crippen LogP contribution in [0, 0.1) is 0 Å². The van der Waals surface area contributed by atoms with Gasteiger partial charge in [0.2, 0.25) is 0 Å². The number of pyridine rings is 2. The minimum Gasteiger partial charge on any atom is -0.394 e. The second-order valence-electron chi connectivity index (χ2n) is 7.91. The topological polar surface area (TPSA) is 100 Å². The van der Waals surface area contributed by atoms with Gasteiger partial charge in [0, 0.05) is 27.9 Å². The number of halogens is 1. The lowest BCUT2D eigenvalue weighted by atomic mass is 9.78. The van der Waals surface area contributed by atoms with Crippen LogP contribution in [-0.2, 0) is 0 Å². The third-order valence-corrected chi connectivity index (χ3v) is 6.64. The van der Waals surface area contributed by atoms with Crippen molar-refractivity contribution >= 4 is 50.0 Å². The van der Waals surface area contributed by atoms with Crippen LogP contribution in [0.4, 0.5) is 5.69 Å². The summed E-state index contributed by atoms with van der Waals surface area (Å²) in [6.07, 6.45) is 7.06. The number of fused-ring (bicyclic) bond motifs is 4. The summed E-state index contributed by atoms with van der Waals surface area (Å²) in [5.41, 5.74) is 11.4. The van der Waals surface area contributed by atoms with Gasteiger partial charge >= 0.3 is 0 Å². The number of nitrogens with zero attached hydrogens (tertiary/aromatic N) is 2. The van der Waals surface area contributed by atoms with E-state index < -0.39 is 0 Å². The van der Waals surface area contributed by atoms with Gasteiger partial charge in [-0.05, 0) is 54.2 Å². The molecule has 5 aromatic rings. The summed E-state index contributed by atoms with van der Waals surface area (Å²) in [4.78, 5) is 20.5. The first-order valence-electron chi connectivity index (χ1n) is 9.98. The smallest absolute Gasteiger partial charge is 0.272 e. The normalized spacial score (nSPS) is 14.6. The summed E-state index contributed by atoms with van der Waals surface area (Å²) >= 11 is 6.34. The van der Waals surface area contributed by atoms with Crippen LogP contribution in [0.25, 0.3) is 43.8 Å². The monoisotopic (exact) mass is 415 g/mol. The van der Waals surface area contributed by atoms with Gasteiger partial charge in [-0.2, -0.15) is 5.10 Å². The van der Waals surface area contributed by atoms with E-state index in [0.717, 1.165) is 51.1 Å². The molecule has 0 amide bonds. The van der Waals surface area contributed by atoms with Gasteiger partial charge in [0.15, 0.2) is 0 Å². The first kappa shape index (κ1) is 17.5. The quantitative estimate of drug-likeness (QED) is 0.348. The lowest BCUT2D eigenvalue weighted by Gasteiger charge is -2.27. The van der Waals surface area contributed by atoms with Crippen LogP contribution in [-0.4, -0.2) is 20.2 Å². The van der Waals surface area contributed by atoms with Crippen molar-refractivity contribution in [2.45, 2.75) is 25.2 Å². The van der Waals surface area contributed by atoms with Crippen LogP contribution in [0.5, 0.6) is 0 Å². The molecule has 0 unspecified atom stereocenters. The number of rotatable bonds is 2. The molecular weight excluding hydrogens is 398 g/mol. The average Bonchev–Trinajstić information content (AvgIpc) is 3.21. The highest BCUT2D eigenvalue weighted by Gasteiger charge is 2.25. The highest BCUT2D eigenvalue weighted by Crippen LogP contribution is 2.44. The van der Waals surface area contributed by atoms with E-state index in [2.05, 4.69) is 26.2 Å². The summed E-state index contributed by atoms with van der Waals surface area (Å²) in [7, 11) is 0. The van der Waals surface area contributed by atoms with E-state index in [1.54, 1.807) is 18.5 Å². The summed E-state index contributed by atoms with van der Waals surface area (Å²) in [6, 6.07) is 9.78. The van der Waals surface area contributed by atoms with Gasteiger partial charge in [-0.1, -0.05) is 24.1 Å². The molecule has 0 radical (unpaired) electrons. The third-order valence-electron chi connectivity index (χ3n) is 6.32. The summed E-state index contributed by atoms with van der Waals surface area (Å²) in [6.45, 7) is 0. The maximum Gasteiger partial charge on any atom is 0.272 e. The molecule has 30 heavy (non-hydrogen) atoms. The third kappa shape index (κ3) is 2.34. The van der Waals surface area contributed by atoms with Crippen LogP contribution >= 0.6 is 11.6 Å². The zero-order valence-corrected chi connectivity index (χ0v) is 16.8. The molecule has 1 aliphatic carbocycles. The Morgan fingerprint density at radius 1 is 1.10 bits per heavy atom. The Balaban J connectivity index is 1.81.